The molecule has 24 heavy (non-hydrogen) atoms. The average molecular weight is 323 g/mol. The molecule has 1 heterocycles. The first-order valence-corrected chi connectivity index (χ1v) is 7.59. The zero-order valence-corrected chi connectivity index (χ0v) is 13.0. The summed E-state index contributed by atoms with van der Waals surface area (Å²) < 4.78 is 10.7. The number of aryl methyl sites for hydroxylation is 2. The molecule has 0 aliphatic carbocycles. The van der Waals surface area contributed by atoms with Crippen molar-refractivity contribution in [3.05, 3.63) is 77.4 Å². The number of aromatic nitrogens is 2. The standard InChI is InChI=1S/C18H17N3O3/c19-17(22)18-20-16(24-21-18)11-8-13-6-9-15(10-7-13)23-12-14-4-2-1-3-5-14/h1-7,9-10H,8,11-12H2,(H2,19,22). The second kappa shape index (κ2) is 7.41. The van der Waals surface area contributed by atoms with E-state index < -0.39 is 5.91 Å². The van der Waals surface area contributed by atoms with Crippen molar-refractivity contribution in [3.63, 3.8) is 0 Å². The topological polar surface area (TPSA) is 91.2 Å². The zero-order chi connectivity index (χ0) is 16.8. The van der Waals surface area contributed by atoms with Gasteiger partial charge in [0, 0.05) is 6.42 Å². The largest absolute Gasteiger partial charge is 0.489 e. The summed E-state index contributed by atoms with van der Waals surface area (Å²) in [5, 5.41) is 3.51. The van der Waals surface area contributed by atoms with Crippen molar-refractivity contribution < 1.29 is 14.1 Å². The van der Waals surface area contributed by atoms with Gasteiger partial charge in [0.15, 0.2) is 0 Å². The third-order valence-electron chi connectivity index (χ3n) is 3.49. The van der Waals surface area contributed by atoms with Gasteiger partial charge in [-0.15, -0.1) is 0 Å². The Bertz CT molecular complexity index is 798. The van der Waals surface area contributed by atoms with E-state index in [4.69, 9.17) is 15.0 Å². The highest BCUT2D eigenvalue weighted by Crippen LogP contribution is 2.15. The van der Waals surface area contributed by atoms with E-state index in [1.165, 1.54) is 0 Å². The van der Waals surface area contributed by atoms with Gasteiger partial charge < -0.3 is 15.0 Å². The molecule has 1 aromatic heterocycles. The van der Waals surface area contributed by atoms with Gasteiger partial charge in [-0.1, -0.05) is 47.6 Å². The van der Waals surface area contributed by atoms with Crippen molar-refractivity contribution in [2.24, 2.45) is 5.73 Å². The molecule has 0 saturated carbocycles. The average Bonchev–Trinajstić information content (AvgIpc) is 3.09. The first kappa shape index (κ1) is 15.7. The van der Waals surface area contributed by atoms with Crippen LogP contribution in [0, 0.1) is 0 Å². The van der Waals surface area contributed by atoms with Crippen molar-refractivity contribution in [2.75, 3.05) is 0 Å². The molecule has 6 heteroatoms. The SMILES string of the molecule is NC(=O)c1noc(CCc2ccc(OCc3ccccc3)cc2)n1. The summed E-state index contributed by atoms with van der Waals surface area (Å²) in [4.78, 5) is 14.8. The Morgan fingerprint density at radius 2 is 1.75 bits per heavy atom. The summed E-state index contributed by atoms with van der Waals surface area (Å²) in [7, 11) is 0. The summed E-state index contributed by atoms with van der Waals surface area (Å²) in [5.74, 6) is 0.434. The summed E-state index contributed by atoms with van der Waals surface area (Å²) in [6.07, 6.45) is 1.27. The Morgan fingerprint density at radius 3 is 2.42 bits per heavy atom. The summed E-state index contributed by atoms with van der Waals surface area (Å²) in [6.45, 7) is 0.540. The van der Waals surface area contributed by atoms with Crippen LogP contribution in [-0.2, 0) is 19.4 Å². The number of ether oxygens (including phenoxy) is 1. The molecule has 2 aromatic carbocycles. The number of hydrogen-bond donors (Lipinski definition) is 1. The first-order valence-electron chi connectivity index (χ1n) is 7.59. The Kier molecular flexibility index (Phi) is 4.86. The number of amides is 1. The fourth-order valence-electron chi connectivity index (χ4n) is 2.20. The number of primary amides is 1. The molecule has 6 nitrogen and oxygen atoms in total. The minimum atomic E-state index is -0.690. The van der Waals surface area contributed by atoms with Gasteiger partial charge in [-0.2, -0.15) is 4.98 Å². The number of hydrogen-bond acceptors (Lipinski definition) is 5. The van der Waals surface area contributed by atoms with Crippen LogP contribution in [0.15, 0.2) is 59.1 Å². The van der Waals surface area contributed by atoms with Crippen molar-refractivity contribution in [1.29, 1.82) is 0 Å². The molecule has 0 aliphatic heterocycles. The van der Waals surface area contributed by atoms with E-state index in [1.807, 2.05) is 54.6 Å². The molecule has 1 amide bonds. The molecule has 0 fully saturated rings. The van der Waals surface area contributed by atoms with Crippen molar-refractivity contribution >= 4 is 5.91 Å². The van der Waals surface area contributed by atoms with Crippen molar-refractivity contribution in [1.82, 2.24) is 10.1 Å². The first-order chi connectivity index (χ1) is 11.7. The van der Waals surface area contributed by atoms with Gasteiger partial charge in [-0.3, -0.25) is 4.79 Å². The summed E-state index contributed by atoms with van der Waals surface area (Å²) in [6, 6.07) is 17.9. The zero-order valence-electron chi connectivity index (χ0n) is 13.0. The van der Waals surface area contributed by atoms with Crippen LogP contribution in [0.1, 0.15) is 27.6 Å². The Balaban J connectivity index is 1.51. The Morgan fingerprint density at radius 1 is 1.00 bits per heavy atom. The van der Waals surface area contributed by atoms with Crippen LogP contribution in [0.2, 0.25) is 0 Å². The number of carbonyl (C=O) groups is 1. The number of nitrogens with two attached hydrogens (primary N) is 1. The lowest BCUT2D eigenvalue weighted by Gasteiger charge is -2.07. The number of rotatable bonds is 7. The predicted molar refractivity (Wildman–Crippen MR) is 87.4 cm³/mol. The maximum absolute atomic E-state index is 10.9. The molecule has 0 spiro atoms. The highest BCUT2D eigenvalue weighted by atomic mass is 16.5. The molecule has 122 valence electrons. The fraction of sp³-hybridized carbons (Fsp3) is 0.167. The molecule has 0 bridgehead atoms. The van der Waals surface area contributed by atoms with Gasteiger partial charge in [-0.05, 0) is 29.7 Å². The molecule has 2 N–H and O–H groups in total. The monoisotopic (exact) mass is 323 g/mol. The molecular weight excluding hydrogens is 306 g/mol. The summed E-state index contributed by atoms with van der Waals surface area (Å²) in [5.41, 5.74) is 7.32. The van der Waals surface area contributed by atoms with E-state index in [9.17, 15) is 4.79 Å². The second-order valence-electron chi connectivity index (χ2n) is 5.29. The fourth-order valence-corrected chi connectivity index (χ4v) is 2.20. The Labute approximate surface area is 139 Å². The Hall–Kier alpha value is -3.15. The van der Waals surface area contributed by atoms with E-state index in [2.05, 4.69) is 10.1 Å². The molecule has 0 radical (unpaired) electrons. The minimum absolute atomic E-state index is 0.0883. The number of nitrogens with zero attached hydrogens (tertiary/aromatic N) is 2. The predicted octanol–water partition coefficient (Wildman–Crippen LogP) is 2.53. The van der Waals surface area contributed by atoms with E-state index in [0.717, 1.165) is 23.3 Å². The molecule has 0 saturated heterocycles. The van der Waals surface area contributed by atoms with Gasteiger partial charge in [0.1, 0.15) is 12.4 Å². The van der Waals surface area contributed by atoms with Crippen LogP contribution in [0.5, 0.6) is 5.75 Å². The maximum atomic E-state index is 10.9. The molecule has 3 rings (SSSR count). The quantitative estimate of drug-likeness (QED) is 0.721. The lowest BCUT2D eigenvalue weighted by Crippen LogP contribution is -2.12. The van der Waals surface area contributed by atoms with E-state index in [1.54, 1.807) is 0 Å². The molecule has 0 aliphatic rings. The van der Waals surface area contributed by atoms with Crippen LogP contribution >= 0.6 is 0 Å². The molecule has 3 aromatic rings. The highest BCUT2D eigenvalue weighted by Gasteiger charge is 2.10. The van der Waals surface area contributed by atoms with Crippen molar-refractivity contribution in [2.45, 2.75) is 19.4 Å². The molecular formula is C18H17N3O3. The van der Waals surface area contributed by atoms with Gasteiger partial charge in [0.2, 0.25) is 5.89 Å². The van der Waals surface area contributed by atoms with Crippen LogP contribution in [0.3, 0.4) is 0 Å². The highest BCUT2D eigenvalue weighted by molar-refractivity contribution is 5.88. The van der Waals surface area contributed by atoms with E-state index >= 15 is 0 Å². The van der Waals surface area contributed by atoms with Gasteiger partial charge in [-0.25, -0.2) is 0 Å². The van der Waals surface area contributed by atoms with Gasteiger partial charge in [0.25, 0.3) is 11.7 Å². The molecule has 0 unspecified atom stereocenters. The third kappa shape index (κ3) is 4.19. The maximum Gasteiger partial charge on any atom is 0.290 e. The van der Waals surface area contributed by atoms with Crippen LogP contribution < -0.4 is 10.5 Å². The minimum Gasteiger partial charge on any atom is -0.489 e. The smallest absolute Gasteiger partial charge is 0.290 e. The number of benzene rings is 2. The van der Waals surface area contributed by atoms with E-state index in [0.29, 0.717) is 18.9 Å². The van der Waals surface area contributed by atoms with Crippen molar-refractivity contribution in [3.8, 4) is 5.75 Å². The number of carbonyl (C=O) groups excluding carboxylic acids is 1. The lowest BCUT2D eigenvalue weighted by atomic mass is 10.1. The van der Waals surface area contributed by atoms with Gasteiger partial charge in [0.05, 0.1) is 0 Å². The van der Waals surface area contributed by atoms with E-state index in [-0.39, 0.29) is 5.82 Å². The molecule has 0 atom stereocenters. The van der Waals surface area contributed by atoms with Crippen LogP contribution in [0.25, 0.3) is 0 Å². The summed E-state index contributed by atoms with van der Waals surface area (Å²) >= 11 is 0. The van der Waals surface area contributed by atoms with Crippen LogP contribution in [0.4, 0.5) is 0 Å². The lowest BCUT2D eigenvalue weighted by molar-refractivity contribution is 0.0987. The van der Waals surface area contributed by atoms with Gasteiger partial charge >= 0.3 is 0 Å². The van der Waals surface area contributed by atoms with Crippen LogP contribution in [-0.4, -0.2) is 16.0 Å². The third-order valence-corrected chi connectivity index (χ3v) is 3.49. The second-order valence-corrected chi connectivity index (χ2v) is 5.29. The normalized spacial score (nSPS) is 10.5.